The molecule has 0 aliphatic carbocycles. The largest absolute Gasteiger partial charge is 0.382 e. The van der Waals surface area contributed by atoms with Crippen molar-refractivity contribution in [3.8, 4) is 0 Å². The monoisotopic (exact) mass is 406 g/mol. The molecule has 3 N–H and O–H groups in total. The molecular weight excluding hydrogens is 382 g/mol. The summed E-state index contributed by atoms with van der Waals surface area (Å²) in [5.74, 6) is -0.00661. The first-order chi connectivity index (χ1) is 14.6. The van der Waals surface area contributed by atoms with Crippen molar-refractivity contribution in [2.24, 2.45) is 0 Å². The number of pyridine rings is 1. The van der Waals surface area contributed by atoms with Crippen LogP contribution >= 0.6 is 0 Å². The van der Waals surface area contributed by atoms with Gasteiger partial charge in [-0.3, -0.25) is 14.7 Å². The second kappa shape index (κ2) is 8.87. The quantitative estimate of drug-likeness (QED) is 0.542. The highest BCUT2D eigenvalue weighted by Crippen LogP contribution is 2.31. The fraction of sp³-hybridized carbons (Fsp3) is 0.273. The van der Waals surface area contributed by atoms with Crippen molar-refractivity contribution in [3.05, 3.63) is 65.8 Å². The topological polar surface area (TPSA) is 97.6 Å². The smallest absolute Gasteiger partial charge is 0.326 e. The van der Waals surface area contributed by atoms with Crippen molar-refractivity contribution in [1.29, 1.82) is 0 Å². The van der Waals surface area contributed by atoms with E-state index >= 15 is 0 Å². The number of piperidine rings is 1. The van der Waals surface area contributed by atoms with Crippen LogP contribution in [-0.2, 0) is 4.79 Å². The van der Waals surface area contributed by atoms with Crippen LogP contribution in [0.15, 0.2) is 60.9 Å². The van der Waals surface area contributed by atoms with E-state index in [1.807, 2.05) is 36.4 Å². The first-order valence-corrected chi connectivity index (χ1v) is 9.97. The molecule has 3 aromatic rings. The number of anilines is 2. The summed E-state index contributed by atoms with van der Waals surface area (Å²) >= 11 is 0. The number of likely N-dealkylation sites (tertiary alicyclic amines) is 1. The number of aromatic nitrogens is 1. The summed E-state index contributed by atoms with van der Waals surface area (Å²) in [6.07, 6.45) is 5.05. The van der Waals surface area contributed by atoms with Gasteiger partial charge in [0.1, 0.15) is 0 Å². The van der Waals surface area contributed by atoms with E-state index in [4.69, 9.17) is 0 Å². The predicted molar refractivity (Wildman–Crippen MR) is 115 cm³/mol. The molecule has 2 aromatic carbocycles. The minimum atomic E-state index is -0.132. The summed E-state index contributed by atoms with van der Waals surface area (Å²) in [6.45, 7) is 2.02. The number of nitrogens with zero attached hydrogens (tertiary/aromatic N) is 3. The van der Waals surface area contributed by atoms with Crippen molar-refractivity contribution in [2.75, 3.05) is 30.3 Å². The Morgan fingerprint density at radius 1 is 1.10 bits per heavy atom. The molecule has 30 heavy (non-hydrogen) atoms. The highest BCUT2D eigenvalue weighted by Gasteiger charge is 2.23. The van der Waals surface area contributed by atoms with Gasteiger partial charge in [-0.15, -0.1) is 0 Å². The molecule has 0 unspecified atom stereocenters. The molecule has 2 heterocycles. The van der Waals surface area contributed by atoms with Gasteiger partial charge in [0.25, 0.3) is 4.92 Å². The predicted octanol–water partition coefficient (Wildman–Crippen LogP) is 3.55. The van der Waals surface area contributed by atoms with E-state index in [1.165, 1.54) is 0 Å². The molecule has 8 nitrogen and oxygen atoms in total. The van der Waals surface area contributed by atoms with E-state index in [-0.39, 0.29) is 22.6 Å². The lowest BCUT2D eigenvalue weighted by Crippen LogP contribution is -2.42. The summed E-state index contributed by atoms with van der Waals surface area (Å²) < 4.78 is 0. The maximum absolute atomic E-state index is 12.3. The Bertz CT molecular complexity index is 1050. The molecule has 8 heteroatoms. The average molecular weight is 406 g/mol. The van der Waals surface area contributed by atoms with Gasteiger partial charge in [-0.05, 0) is 37.1 Å². The summed E-state index contributed by atoms with van der Waals surface area (Å²) in [6, 6.07) is 14.9. The van der Waals surface area contributed by atoms with Crippen LogP contribution < -0.4 is 10.6 Å². The van der Waals surface area contributed by atoms with Gasteiger partial charge in [-0.25, -0.2) is 5.21 Å². The number of hydrogen-bond acceptors (Lipinski definition) is 5. The zero-order valence-electron chi connectivity index (χ0n) is 16.5. The van der Waals surface area contributed by atoms with Gasteiger partial charge >= 0.3 is 5.69 Å². The number of fused-ring (bicyclic) bond motifs is 1. The Hall–Kier alpha value is -3.52. The summed E-state index contributed by atoms with van der Waals surface area (Å²) in [5, 5.41) is 17.2. The fourth-order valence-electron chi connectivity index (χ4n) is 3.85. The third-order valence-corrected chi connectivity index (χ3v) is 5.37. The second-order valence-corrected chi connectivity index (χ2v) is 7.44. The number of amides is 1. The number of carbonyl (C=O) groups excluding carboxylic acids is 1. The van der Waals surface area contributed by atoms with Crippen molar-refractivity contribution in [2.45, 2.75) is 18.9 Å². The molecule has 1 aliphatic rings. The molecule has 0 atom stereocenters. The summed E-state index contributed by atoms with van der Waals surface area (Å²) in [7, 11) is 0. The molecule has 0 radical (unpaired) electrons. The van der Waals surface area contributed by atoms with E-state index in [0.717, 1.165) is 42.7 Å². The van der Waals surface area contributed by atoms with Crippen LogP contribution in [0, 0.1) is 4.91 Å². The van der Waals surface area contributed by atoms with Crippen molar-refractivity contribution in [1.82, 2.24) is 9.88 Å². The number of benzene rings is 2. The zero-order chi connectivity index (χ0) is 20.9. The number of hydrogen-bond donors (Lipinski definition) is 3. The van der Waals surface area contributed by atoms with E-state index in [2.05, 4.69) is 20.5 Å². The Balaban J connectivity index is 1.35. The van der Waals surface area contributed by atoms with Crippen LogP contribution in [0.3, 0.4) is 0 Å². The molecule has 1 aliphatic heterocycles. The lowest BCUT2D eigenvalue weighted by atomic mass is 10.0. The van der Waals surface area contributed by atoms with Crippen molar-refractivity contribution >= 4 is 33.7 Å². The Kier molecular flexibility index (Phi) is 5.85. The molecule has 4 rings (SSSR count). The number of para-hydroxylation sites is 1. The SMILES string of the molecule is O=C(CN1CCC(Nc2ccc([N+](=O)O)c3cnccc23)CC1)Nc1ccccc1. The third kappa shape index (κ3) is 4.55. The van der Waals surface area contributed by atoms with Gasteiger partial charge in [0.05, 0.1) is 16.8 Å². The highest BCUT2D eigenvalue weighted by molar-refractivity contribution is 5.99. The van der Waals surface area contributed by atoms with E-state index in [1.54, 1.807) is 24.5 Å². The van der Waals surface area contributed by atoms with Gasteiger partial charge < -0.3 is 10.6 Å². The van der Waals surface area contributed by atoms with E-state index in [9.17, 15) is 14.9 Å². The number of carbonyl (C=O) groups is 1. The zero-order valence-corrected chi connectivity index (χ0v) is 16.5. The molecule has 0 bridgehead atoms. The third-order valence-electron chi connectivity index (χ3n) is 5.37. The van der Waals surface area contributed by atoms with Crippen LogP contribution in [0.2, 0.25) is 0 Å². The first-order valence-electron chi connectivity index (χ1n) is 9.97. The van der Waals surface area contributed by atoms with Crippen molar-refractivity contribution in [3.63, 3.8) is 0 Å². The molecular formula is C22H24N5O3+. The Morgan fingerprint density at radius 2 is 1.87 bits per heavy atom. The van der Waals surface area contributed by atoms with E-state index < -0.39 is 0 Å². The van der Waals surface area contributed by atoms with Crippen LogP contribution in [0.5, 0.6) is 0 Å². The van der Waals surface area contributed by atoms with Crippen LogP contribution in [0.25, 0.3) is 10.8 Å². The molecule has 1 aromatic heterocycles. The van der Waals surface area contributed by atoms with Crippen LogP contribution in [-0.4, -0.2) is 51.6 Å². The summed E-state index contributed by atoms with van der Waals surface area (Å²) in [4.78, 5) is 29.7. The Labute approximate surface area is 174 Å². The number of rotatable bonds is 6. The van der Waals surface area contributed by atoms with Gasteiger partial charge in [-0.1, -0.05) is 18.2 Å². The number of nitrogens with one attached hydrogen (secondary N) is 2. The lowest BCUT2D eigenvalue weighted by molar-refractivity contribution is -0.728. The second-order valence-electron chi connectivity index (χ2n) is 7.44. The first kappa shape index (κ1) is 19.8. The Morgan fingerprint density at radius 3 is 2.60 bits per heavy atom. The maximum Gasteiger partial charge on any atom is 0.326 e. The highest BCUT2D eigenvalue weighted by atomic mass is 16.6. The van der Waals surface area contributed by atoms with Gasteiger partial charge in [0.2, 0.25) is 5.91 Å². The standard InChI is InChI=1S/C22H23N5O3/c28-22(25-16-4-2-1-3-5-16)15-26-12-9-17(10-13-26)24-20-6-7-21(27(29)30)19-14-23-11-8-18(19)20/h1-8,11,14,17,24H,9-10,12-13,15H2,(H-,25,28,29,30)/p+1. The van der Waals surface area contributed by atoms with Gasteiger partial charge in [0.15, 0.2) is 0 Å². The molecule has 1 saturated heterocycles. The van der Waals surface area contributed by atoms with Gasteiger partial charge in [0, 0.05) is 54.4 Å². The fourth-order valence-corrected chi connectivity index (χ4v) is 3.85. The van der Waals surface area contributed by atoms with Crippen LogP contribution in [0.4, 0.5) is 17.1 Å². The van der Waals surface area contributed by atoms with Crippen LogP contribution in [0.1, 0.15) is 12.8 Å². The normalized spacial score (nSPS) is 15.1. The maximum atomic E-state index is 12.3. The molecule has 1 fully saturated rings. The molecule has 0 spiro atoms. The lowest BCUT2D eigenvalue weighted by Gasteiger charge is -2.32. The average Bonchev–Trinajstić information content (AvgIpc) is 2.76. The minimum Gasteiger partial charge on any atom is -0.382 e. The molecule has 1 amide bonds. The molecule has 154 valence electrons. The minimum absolute atomic E-state index is 0.00661. The van der Waals surface area contributed by atoms with Gasteiger partial charge in [-0.2, -0.15) is 0 Å². The summed E-state index contributed by atoms with van der Waals surface area (Å²) in [5.41, 5.74) is 1.88. The van der Waals surface area contributed by atoms with Crippen molar-refractivity contribution < 1.29 is 14.9 Å². The van der Waals surface area contributed by atoms with E-state index in [0.29, 0.717) is 11.9 Å². The molecule has 0 saturated carbocycles.